The topological polar surface area (TPSA) is 35.5 Å². The summed E-state index contributed by atoms with van der Waals surface area (Å²) in [5.41, 5.74) is 1.34. The summed E-state index contributed by atoms with van der Waals surface area (Å²) in [6.07, 6.45) is 4.16. The zero-order valence-electron chi connectivity index (χ0n) is 12.9. The molecule has 1 saturated heterocycles. The van der Waals surface area contributed by atoms with Crippen LogP contribution in [0.1, 0.15) is 44.2 Å². The highest BCUT2D eigenvalue weighted by molar-refractivity contribution is 9.10. The van der Waals surface area contributed by atoms with Crippen LogP contribution in [0.4, 0.5) is 0 Å². The maximum absolute atomic E-state index is 9.78. The van der Waals surface area contributed by atoms with E-state index in [1.54, 1.807) is 0 Å². The molecule has 0 saturated carbocycles. The summed E-state index contributed by atoms with van der Waals surface area (Å²) < 4.78 is 1.18. The van der Waals surface area contributed by atoms with Crippen LogP contribution in [-0.2, 0) is 0 Å². The Balaban J connectivity index is 1.94. The Morgan fingerprint density at radius 2 is 2.24 bits per heavy atom. The minimum absolute atomic E-state index is 0.135. The maximum Gasteiger partial charge on any atom is 0.0667 e. The number of nitrogens with zero attached hydrogens (tertiary/aromatic N) is 1. The van der Waals surface area contributed by atoms with Crippen LogP contribution in [0.5, 0.6) is 0 Å². The van der Waals surface area contributed by atoms with Gasteiger partial charge in [-0.25, -0.2) is 0 Å². The van der Waals surface area contributed by atoms with Gasteiger partial charge in [-0.15, -0.1) is 0 Å². The van der Waals surface area contributed by atoms with E-state index in [4.69, 9.17) is 0 Å². The van der Waals surface area contributed by atoms with E-state index < -0.39 is 0 Å². The molecule has 1 aliphatic heterocycles. The number of benzene rings is 1. The summed E-state index contributed by atoms with van der Waals surface area (Å²) in [6, 6.07) is 8.85. The lowest BCUT2D eigenvalue weighted by Gasteiger charge is -2.31. The quantitative estimate of drug-likeness (QED) is 0.788. The molecule has 2 atom stereocenters. The smallest absolute Gasteiger partial charge is 0.0667 e. The van der Waals surface area contributed by atoms with Crippen molar-refractivity contribution in [3.63, 3.8) is 0 Å². The second-order valence-electron chi connectivity index (χ2n) is 5.91. The average molecular weight is 355 g/mol. The molecule has 118 valence electrons. The molecule has 0 bridgehead atoms. The first kappa shape index (κ1) is 16.9. The number of aliphatic hydroxyl groups excluding tert-OH is 1. The van der Waals surface area contributed by atoms with E-state index in [1.165, 1.54) is 10.0 Å². The highest BCUT2D eigenvalue weighted by atomic mass is 79.9. The fraction of sp³-hybridized carbons (Fsp3) is 0.647. The van der Waals surface area contributed by atoms with Gasteiger partial charge in [-0.1, -0.05) is 41.1 Å². The van der Waals surface area contributed by atoms with Crippen LogP contribution in [0.3, 0.4) is 0 Å². The van der Waals surface area contributed by atoms with Crippen molar-refractivity contribution in [2.75, 3.05) is 26.2 Å². The highest BCUT2D eigenvalue weighted by Gasteiger charge is 2.20. The molecule has 0 spiro atoms. The van der Waals surface area contributed by atoms with E-state index in [2.05, 4.69) is 57.3 Å². The number of hydrogen-bond acceptors (Lipinski definition) is 3. The van der Waals surface area contributed by atoms with Gasteiger partial charge in [0.15, 0.2) is 0 Å². The van der Waals surface area contributed by atoms with Crippen molar-refractivity contribution >= 4 is 15.9 Å². The predicted molar refractivity (Wildman–Crippen MR) is 91.5 cm³/mol. The molecule has 1 aliphatic rings. The summed E-state index contributed by atoms with van der Waals surface area (Å²) in [5.74, 6) is 0. The van der Waals surface area contributed by atoms with E-state index in [9.17, 15) is 5.11 Å². The van der Waals surface area contributed by atoms with Gasteiger partial charge in [0, 0.05) is 23.6 Å². The van der Waals surface area contributed by atoms with Crippen molar-refractivity contribution in [3.05, 3.63) is 34.3 Å². The molecule has 1 aromatic rings. The zero-order valence-corrected chi connectivity index (χ0v) is 14.5. The molecule has 2 unspecified atom stereocenters. The molecule has 21 heavy (non-hydrogen) atoms. The Hall–Kier alpha value is -0.420. The Kier molecular flexibility index (Phi) is 7.17. The molecule has 1 fully saturated rings. The molecule has 0 aromatic heterocycles. The fourth-order valence-corrected chi connectivity index (χ4v) is 3.55. The highest BCUT2D eigenvalue weighted by Crippen LogP contribution is 2.26. The summed E-state index contributed by atoms with van der Waals surface area (Å²) in [5, 5.41) is 13.4. The first-order valence-electron chi connectivity index (χ1n) is 8.09. The monoisotopic (exact) mass is 354 g/mol. The lowest BCUT2D eigenvalue weighted by Crippen LogP contribution is -2.40. The Labute approximate surface area is 136 Å². The number of likely N-dealkylation sites (tertiary alicyclic amines) is 1. The van der Waals surface area contributed by atoms with Gasteiger partial charge >= 0.3 is 0 Å². The van der Waals surface area contributed by atoms with E-state index in [1.807, 2.05) is 0 Å². The summed E-state index contributed by atoms with van der Waals surface area (Å²) in [6.45, 7) is 6.23. The summed E-state index contributed by atoms with van der Waals surface area (Å²) in [7, 11) is 0. The van der Waals surface area contributed by atoms with Gasteiger partial charge in [0.25, 0.3) is 0 Å². The van der Waals surface area contributed by atoms with Crippen molar-refractivity contribution in [2.45, 2.75) is 44.8 Å². The second kappa shape index (κ2) is 8.89. The lowest BCUT2D eigenvalue weighted by molar-refractivity contribution is 0.0685. The third-order valence-corrected chi connectivity index (χ3v) is 4.86. The second-order valence-corrected chi connectivity index (χ2v) is 6.77. The molecule has 3 nitrogen and oxygen atoms in total. The Morgan fingerprint density at radius 1 is 1.43 bits per heavy atom. The first-order chi connectivity index (χ1) is 10.2. The van der Waals surface area contributed by atoms with Crippen molar-refractivity contribution in [1.82, 2.24) is 10.2 Å². The minimum atomic E-state index is -0.135. The third kappa shape index (κ3) is 5.37. The van der Waals surface area contributed by atoms with Crippen LogP contribution in [-0.4, -0.2) is 42.3 Å². The van der Waals surface area contributed by atoms with Gasteiger partial charge in [-0.3, -0.25) is 0 Å². The number of piperidine rings is 1. The molecule has 1 heterocycles. The number of rotatable bonds is 7. The molecule has 1 aromatic carbocycles. The fourth-order valence-electron chi connectivity index (χ4n) is 2.99. The number of aliphatic hydroxyl groups is 1. The van der Waals surface area contributed by atoms with Crippen LogP contribution >= 0.6 is 15.9 Å². The lowest BCUT2D eigenvalue weighted by atomic mass is 10.0. The predicted octanol–water partition coefficient (Wildman–Crippen LogP) is 3.34. The molecule has 0 radical (unpaired) electrons. The van der Waals surface area contributed by atoms with Crippen LogP contribution in [0, 0.1) is 0 Å². The normalized spacial score (nSPS) is 21.4. The molecule has 4 heteroatoms. The van der Waals surface area contributed by atoms with Gasteiger partial charge < -0.3 is 15.3 Å². The molecule has 2 rings (SSSR count). The molecule has 0 amide bonds. The van der Waals surface area contributed by atoms with Gasteiger partial charge in [-0.2, -0.15) is 0 Å². The maximum atomic E-state index is 9.78. The van der Waals surface area contributed by atoms with Crippen molar-refractivity contribution in [2.24, 2.45) is 0 Å². The van der Waals surface area contributed by atoms with Crippen LogP contribution < -0.4 is 5.32 Å². The number of β-amino-alcohol motifs (C(OH)–C–C–N with tert-alkyl or cyclic N) is 1. The number of hydrogen-bond donors (Lipinski definition) is 2. The van der Waals surface area contributed by atoms with E-state index in [0.717, 1.165) is 51.9 Å². The average Bonchev–Trinajstić information content (AvgIpc) is 2.48. The van der Waals surface area contributed by atoms with Gasteiger partial charge in [0.1, 0.15) is 0 Å². The summed E-state index contributed by atoms with van der Waals surface area (Å²) >= 11 is 3.67. The van der Waals surface area contributed by atoms with Crippen molar-refractivity contribution < 1.29 is 5.11 Å². The molecule has 2 N–H and O–H groups in total. The van der Waals surface area contributed by atoms with Crippen LogP contribution in [0.15, 0.2) is 28.7 Å². The Morgan fingerprint density at radius 3 is 2.95 bits per heavy atom. The molecule has 0 aliphatic carbocycles. The third-order valence-electron chi connectivity index (χ3n) is 4.14. The van der Waals surface area contributed by atoms with Crippen LogP contribution in [0.25, 0.3) is 0 Å². The number of halogens is 1. The number of nitrogens with one attached hydrogen (secondary N) is 1. The van der Waals surface area contributed by atoms with Crippen LogP contribution in [0.2, 0.25) is 0 Å². The molecular formula is C17H27BrN2O. The first-order valence-corrected chi connectivity index (χ1v) is 8.88. The van der Waals surface area contributed by atoms with E-state index in [-0.39, 0.29) is 6.10 Å². The Bertz CT molecular complexity index is 427. The van der Waals surface area contributed by atoms with Gasteiger partial charge in [-0.05, 0) is 50.4 Å². The zero-order chi connectivity index (χ0) is 15.1. The standard InChI is InChI=1S/C17H27BrN2O/c1-2-10-19-17(15-7-3-4-8-16(15)18)9-12-20-11-5-6-14(21)13-20/h3-4,7-8,14,17,19,21H,2,5-6,9-13H2,1H3. The van der Waals surface area contributed by atoms with Gasteiger partial charge in [0.2, 0.25) is 0 Å². The van der Waals surface area contributed by atoms with Gasteiger partial charge in [0.05, 0.1) is 6.10 Å². The largest absolute Gasteiger partial charge is 0.392 e. The van der Waals surface area contributed by atoms with E-state index >= 15 is 0 Å². The summed E-state index contributed by atoms with van der Waals surface area (Å²) in [4.78, 5) is 2.39. The minimum Gasteiger partial charge on any atom is -0.392 e. The van der Waals surface area contributed by atoms with Crippen molar-refractivity contribution in [1.29, 1.82) is 0 Å². The molecular weight excluding hydrogens is 328 g/mol. The SMILES string of the molecule is CCCNC(CCN1CCCC(O)C1)c1ccccc1Br. The van der Waals surface area contributed by atoms with Crippen molar-refractivity contribution in [3.8, 4) is 0 Å². The van der Waals surface area contributed by atoms with E-state index in [0.29, 0.717) is 6.04 Å².